The van der Waals surface area contributed by atoms with E-state index < -0.39 is 10.7 Å². The van der Waals surface area contributed by atoms with Crippen molar-refractivity contribution in [1.29, 1.82) is 0 Å². The molecule has 0 bridgehead atoms. The number of aromatic nitrogens is 2. The van der Waals surface area contributed by atoms with Gasteiger partial charge in [0, 0.05) is 0 Å². The molecule has 7 heteroatoms. The van der Waals surface area contributed by atoms with Gasteiger partial charge in [-0.25, -0.2) is 9.07 Å². The molecule has 0 unspecified atom stereocenters. The van der Waals surface area contributed by atoms with Crippen LogP contribution in [0.15, 0.2) is 24.3 Å². The topological polar surface area (TPSA) is 87.0 Å². The van der Waals surface area contributed by atoms with E-state index in [0.29, 0.717) is 5.69 Å². The second-order valence-corrected chi connectivity index (χ2v) is 3.46. The normalized spacial score (nSPS) is 10.5. The predicted octanol–water partition coefficient (Wildman–Crippen LogP) is 1.81. The average Bonchev–Trinajstić information content (AvgIpc) is 2.55. The van der Waals surface area contributed by atoms with Gasteiger partial charge in [0.05, 0.1) is 10.6 Å². The van der Waals surface area contributed by atoms with Gasteiger partial charge in [0.2, 0.25) is 5.82 Å². The number of rotatable bonds is 2. The van der Waals surface area contributed by atoms with Gasteiger partial charge in [-0.2, -0.15) is 5.10 Å². The van der Waals surface area contributed by atoms with Crippen LogP contribution in [0.25, 0.3) is 5.69 Å². The van der Waals surface area contributed by atoms with Crippen LogP contribution in [0.2, 0.25) is 0 Å². The molecule has 0 saturated heterocycles. The summed E-state index contributed by atoms with van der Waals surface area (Å²) in [4.78, 5) is 10.2. The summed E-state index contributed by atoms with van der Waals surface area (Å²) in [6.07, 6.45) is 0. The number of hydrogen-bond donors (Lipinski definition) is 1. The third kappa shape index (κ3) is 1.82. The van der Waals surface area contributed by atoms with Crippen LogP contribution in [0.5, 0.6) is 0 Å². The Kier molecular flexibility index (Phi) is 2.51. The molecule has 1 aromatic heterocycles. The van der Waals surface area contributed by atoms with Crippen molar-refractivity contribution in [2.75, 3.05) is 5.73 Å². The molecule has 0 spiro atoms. The SMILES string of the molecule is Cc1nn(-c2ccc(F)cc2)c(N)c1[N+](=O)[O-]. The zero-order valence-electron chi connectivity index (χ0n) is 8.92. The van der Waals surface area contributed by atoms with E-state index in [1.54, 1.807) is 0 Å². The molecule has 0 aliphatic carbocycles. The summed E-state index contributed by atoms with van der Waals surface area (Å²) >= 11 is 0. The minimum absolute atomic E-state index is 0.0703. The van der Waals surface area contributed by atoms with Crippen molar-refractivity contribution < 1.29 is 9.31 Å². The maximum absolute atomic E-state index is 12.7. The lowest BCUT2D eigenvalue weighted by Crippen LogP contribution is -2.03. The molecule has 2 rings (SSSR count). The van der Waals surface area contributed by atoms with Crippen LogP contribution in [-0.2, 0) is 0 Å². The van der Waals surface area contributed by atoms with Gasteiger partial charge in [0.1, 0.15) is 11.5 Å². The maximum atomic E-state index is 12.7. The molecule has 0 aliphatic heterocycles. The van der Waals surface area contributed by atoms with E-state index in [9.17, 15) is 14.5 Å². The standard InChI is InChI=1S/C10H9FN4O2/c1-6-9(15(16)17)10(12)14(13-6)8-4-2-7(11)3-5-8/h2-5H,12H2,1H3. The second-order valence-electron chi connectivity index (χ2n) is 3.46. The highest BCUT2D eigenvalue weighted by Crippen LogP contribution is 2.27. The van der Waals surface area contributed by atoms with E-state index in [4.69, 9.17) is 5.73 Å². The maximum Gasteiger partial charge on any atom is 0.333 e. The van der Waals surface area contributed by atoms with Crippen LogP contribution in [0, 0.1) is 22.9 Å². The van der Waals surface area contributed by atoms with Crippen molar-refractivity contribution in [2.24, 2.45) is 0 Å². The van der Waals surface area contributed by atoms with Crippen molar-refractivity contribution in [3.05, 3.63) is 45.9 Å². The van der Waals surface area contributed by atoms with Crippen molar-refractivity contribution >= 4 is 11.5 Å². The number of benzene rings is 1. The Labute approximate surface area is 95.6 Å². The molecular formula is C10H9FN4O2. The minimum Gasteiger partial charge on any atom is -0.378 e. The fraction of sp³-hybridized carbons (Fsp3) is 0.100. The van der Waals surface area contributed by atoms with Crippen molar-refractivity contribution in [1.82, 2.24) is 9.78 Å². The van der Waals surface area contributed by atoms with Crippen molar-refractivity contribution in [3.63, 3.8) is 0 Å². The van der Waals surface area contributed by atoms with E-state index in [0.717, 1.165) is 0 Å². The molecule has 0 radical (unpaired) electrons. The van der Waals surface area contributed by atoms with Crippen LogP contribution in [0.1, 0.15) is 5.69 Å². The van der Waals surface area contributed by atoms with Gasteiger partial charge in [0.15, 0.2) is 0 Å². The predicted molar refractivity (Wildman–Crippen MR) is 59.3 cm³/mol. The zero-order valence-corrected chi connectivity index (χ0v) is 8.92. The van der Waals surface area contributed by atoms with Crippen LogP contribution >= 0.6 is 0 Å². The fourth-order valence-electron chi connectivity index (χ4n) is 1.54. The molecule has 17 heavy (non-hydrogen) atoms. The summed E-state index contributed by atoms with van der Waals surface area (Å²) in [5, 5.41) is 14.7. The third-order valence-corrected chi connectivity index (χ3v) is 2.32. The Bertz CT molecular complexity index is 577. The number of nitrogens with two attached hydrogens (primary N) is 1. The molecule has 0 aliphatic rings. The largest absolute Gasteiger partial charge is 0.378 e. The number of halogens is 1. The number of hydrogen-bond acceptors (Lipinski definition) is 4. The molecule has 2 N–H and O–H groups in total. The summed E-state index contributed by atoms with van der Waals surface area (Å²) in [5.41, 5.74) is 6.10. The molecule has 2 aromatic rings. The Balaban J connectivity index is 2.57. The Morgan fingerprint density at radius 1 is 1.41 bits per heavy atom. The van der Waals surface area contributed by atoms with Crippen LogP contribution < -0.4 is 5.73 Å². The lowest BCUT2D eigenvalue weighted by molar-refractivity contribution is -0.384. The van der Waals surface area contributed by atoms with E-state index in [1.165, 1.54) is 35.9 Å². The minimum atomic E-state index is -0.586. The summed E-state index contributed by atoms with van der Waals surface area (Å²) in [6.45, 7) is 1.49. The number of nitrogen functional groups attached to an aromatic ring is 1. The molecule has 1 heterocycles. The fourth-order valence-corrected chi connectivity index (χ4v) is 1.54. The van der Waals surface area contributed by atoms with Gasteiger partial charge >= 0.3 is 5.69 Å². The molecule has 0 saturated carbocycles. The van der Waals surface area contributed by atoms with Gasteiger partial charge in [-0.15, -0.1) is 0 Å². The number of anilines is 1. The first-order valence-corrected chi connectivity index (χ1v) is 4.76. The summed E-state index contributed by atoms with van der Waals surface area (Å²) < 4.78 is 14.0. The lowest BCUT2D eigenvalue weighted by Gasteiger charge is -2.02. The number of nitro groups is 1. The molecule has 88 valence electrons. The molecule has 0 atom stereocenters. The first-order chi connectivity index (χ1) is 8.00. The molecule has 0 amide bonds. The first kappa shape index (κ1) is 11.1. The van der Waals surface area contributed by atoms with E-state index in [2.05, 4.69) is 5.10 Å². The van der Waals surface area contributed by atoms with Gasteiger partial charge in [0.25, 0.3) is 0 Å². The highest BCUT2D eigenvalue weighted by molar-refractivity contribution is 5.59. The third-order valence-electron chi connectivity index (χ3n) is 2.32. The summed E-state index contributed by atoms with van der Waals surface area (Å²) in [7, 11) is 0. The number of nitrogens with zero attached hydrogens (tertiary/aromatic N) is 3. The van der Waals surface area contributed by atoms with Crippen LogP contribution in [0.4, 0.5) is 15.9 Å². The average molecular weight is 236 g/mol. The highest BCUT2D eigenvalue weighted by atomic mass is 19.1. The Hall–Kier alpha value is -2.44. The van der Waals surface area contributed by atoms with Crippen molar-refractivity contribution in [2.45, 2.75) is 6.92 Å². The van der Waals surface area contributed by atoms with Gasteiger partial charge in [-0.1, -0.05) is 0 Å². The Morgan fingerprint density at radius 2 is 2.00 bits per heavy atom. The second kappa shape index (κ2) is 3.85. The van der Waals surface area contributed by atoms with Gasteiger partial charge in [-0.3, -0.25) is 10.1 Å². The molecule has 1 aromatic carbocycles. The van der Waals surface area contributed by atoms with Crippen molar-refractivity contribution in [3.8, 4) is 5.69 Å². The van der Waals surface area contributed by atoms with E-state index in [1.807, 2.05) is 0 Å². The van der Waals surface area contributed by atoms with Gasteiger partial charge < -0.3 is 5.73 Å². The lowest BCUT2D eigenvalue weighted by atomic mass is 10.3. The summed E-state index contributed by atoms with van der Waals surface area (Å²) in [5.74, 6) is -0.468. The first-order valence-electron chi connectivity index (χ1n) is 4.76. The van der Waals surface area contributed by atoms with E-state index in [-0.39, 0.29) is 17.2 Å². The number of aryl methyl sites for hydroxylation is 1. The van der Waals surface area contributed by atoms with E-state index >= 15 is 0 Å². The molecule has 6 nitrogen and oxygen atoms in total. The molecular weight excluding hydrogens is 227 g/mol. The quantitative estimate of drug-likeness (QED) is 0.636. The van der Waals surface area contributed by atoms with Gasteiger partial charge in [-0.05, 0) is 31.2 Å². The van der Waals surface area contributed by atoms with Crippen LogP contribution in [-0.4, -0.2) is 14.7 Å². The monoisotopic (exact) mass is 236 g/mol. The van der Waals surface area contributed by atoms with Crippen LogP contribution in [0.3, 0.4) is 0 Å². The zero-order chi connectivity index (χ0) is 12.6. The summed E-state index contributed by atoms with van der Waals surface area (Å²) in [6, 6.07) is 5.36. The smallest absolute Gasteiger partial charge is 0.333 e. The Morgan fingerprint density at radius 3 is 2.47 bits per heavy atom. The molecule has 0 fully saturated rings. The highest BCUT2D eigenvalue weighted by Gasteiger charge is 2.23.